The van der Waals surface area contributed by atoms with Gasteiger partial charge in [0.05, 0.1) is 5.56 Å². The van der Waals surface area contributed by atoms with Gasteiger partial charge in [-0.2, -0.15) is 0 Å². The fraction of sp³-hybridized carbons (Fsp3) is 0.600. The minimum Gasteiger partial charge on any atom is -0.355 e. The number of aliphatic imine (C=N–C) groups is 1. The van der Waals surface area contributed by atoms with Crippen molar-refractivity contribution in [2.24, 2.45) is 16.8 Å². The van der Waals surface area contributed by atoms with E-state index in [1.54, 1.807) is 19.2 Å². The van der Waals surface area contributed by atoms with E-state index in [9.17, 15) is 9.18 Å². The lowest BCUT2D eigenvalue weighted by Crippen LogP contribution is -2.47. The molecule has 3 N–H and O–H groups in total. The zero-order valence-electron chi connectivity index (χ0n) is 16.0. The van der Waals surface area contributed by atoms with Crippen LogP contribution in [-0.4, -0.2) is 38.0 Å². The van der Waals surface area contributed by atoms with E-state index in [4.69, 9.17) is 0 Å². The molecule has 6 heteroatoms. The lowest BCUT2D eigenvalue weighted by Gasteiger charge is -2.32. The number of benzene rings is 1. The van der Waals surface area contributed by atoms with Crippen LogP contribution in [-0.2, 0) is 0 Å². The summed E-state index contributed by atoms with van der Waals surface area (Å²) in [7, 11) is 1.74. The third-order valence-corrected chi connectivity index (χ3v) is 5.10. The molecule has 0 atom stereocenters. The minimum absolute atomic E-state index is 0.0666. The second-order valence-electron chi connectivity index (χ2n) is 7.23. The third kappa shape index (κ3) is 6.00. The molecule has 0 aromatic heterocycles. The molecule has 0 spiro atoms. The molecule has 1 saturated carbocycles. The van der Waals surface area contributed by atoms with Crippen molar-refractivity contribution >= 4 is 11.9 Å². The molecule has 0 unspecified atom stereocenters. The summed E-state index contributed by atoms with van der Waals surface area (Å²) in [6.07, 6.45) is 4.83. The molecule has 1 aliphatic rings. The van der Waals surface area contributed by atoms with Crippen molar-refractivity contribution in [3.05, 3.63) is 35.6 Å². The van der Waals surface area contributed by atoms with Crippen LogP contribution in [0.1, 0.15) is 49.9 Å². The maximum atomic E-state index is 13.6. The Morgan fingerprint density at radius 3 is 2.42 bits per heavy atom. The number of nitrogens with one attached hydrogen (secondary N) is 3. The van der Waals surface area contributed by atoms with Crippen LogP contribution in [0.5, 0.6) is 0 Å². The van der Waals surface area contributed by atoms with Gasteiger partial charge in [0.25, 0.3) is 5.91 Å². The average Bonchev–Trinajstić information content (AvgIpc) is 2.64. The maximum Gasteiger partial charge on any atom is 0.254 e. The number of hydrogen-bond acceptors (Lipinski definition) is 2. The van der Waals surface area contributed by atoms with Gasteiger partial charge in [0.2, 0.25) is 0 Å². The van der Waals surface area contributed by atoms with Gasteiger partial charge in [-0.15, -0.1) is 0 Å². The van der Waals surface area contributed by atoms with E-state index in [-0.39, 0.29) is 5.56 Å². The van der Waals surface area contributed by atoms with E-state index in [2.05, 4.69) is 34.8 Å². The number of hydrogen-bond donors (Lipinski definition) is 3. The Morgan fingerprint density at radius 2 is 1.81 bits per heavy atom. The summed E-state index contributed by atoms with van der Waals surface area (Å²) in [5, 5.41) is 9.38. The number of carbonyl (C=O) groups is 1. The fourth-order valence-corrected chi connectivity index (χ4v) is 3.42. The Morgan fingerprint density at radius 1 is 1.15 bits per heavy atom. The molecular weight excluding hydrogens is 331 g/mol. The standard InChI is InChI=1S/C20H31FN4O/c1-14(2)15-8-10-16(11-9-15)25-20(22-3)24-13-12-23-19(26)17-6-4-5-7-18(17)21/h4-7,14-16H,8-13H2,1-3H3,(H,23,26)(H2,22,24,25). The molecule has 5 nitrogen and oxygen atoms in total. The molecule has 0 aliphatic heterocycles. The quantitative estimate of drug-likeness (QED) is 0.414. The molecule has 0 radical (unpaired) electrons. The summed E-state index contributed by atoms with van der Waals surface area (Å²) in [5.74, 6) is 1.42. The fourth-order valence-electron chi connectivity index (χ4n) is 3.42. The van der Waals surface area contributed by atoms with E-state index in [0.717, 1.165) is 30.6 Å². The minimum atomic E-state index is -0.507. The van der Waals surface area contributed by atoms with Crippen molar-refractivity contribution in [2.45, 2.75) is 45.6 Å². The second-order valence-corrected chi connectivity index (χ2v) is 7.23. The molecule has 2 rings (SSSR count). The Bertz CT molecular complexity index is 610. The van der Waals surface area contributed by atoms with Crippen LogP contribution < -0.4 is 16.0 Å². The van der Waals surface area contributed by atoms with Gasteiger partial charge in [-0.05, 0) is 49.7 Å². The predicted octanol–water partition coefficient (Wildman–Crippen LogP) is 2.94. The zero-order chi connectivity index (χ0) is 18.9. The Balaban J connectivity index is 1.68. The SMILES string of the molecule is CN=C(NCCNC(=O)c1ccccc1F)NC1CCC(C(C)C)CC1. The van der Waals surface area contributed by atoms with E-state index in [1.165, 1.54) is 25.0 Å². The first kappa shape index (κ1) is 20.2. The van der Waals surface area contributed by atoms with Crippen LogP contribution in [0, 0.1) is 17.7 Å². The normalized spacial score (nSPS) is 20.7. The van der Waals surface area contributed by atoms with Crippen molar-refractivity contribution in [3.8, 4) is 0 Å². The summed E-state index contributed by atoms with van der Waals surface area (Å²) in [6, 6.07) is 6.43. The molecule has 1 aromatic carbocycles. The Hall–Kier alpha value is -2.11. The first-order valence-corrected chi connectivity index (χ1v) is 9.51. The molecule has 0 bridgehead atoms. The monoisotopic (exact) mass is 362 g/mol. The highest BCUT2D eigenvalue weighted by Crippen LogP contribution is 2.29. The van der Waals surface area contributed by atoms with Gasteiger partial charge < -0.3 is 16.0 Å². The predicted molar refractivity (Wildman–Crippen MR) is 104 cm³/mol. The van der Waals surface area contributed by atoms with E-state index >= 15 is 0 Å². The number of nitrogens with zero attached hydrogens (tertiary/aromatic N) is 1. The smallest absolute Gasteiger partial charge is 0.254 e. The lowest BCUT2D eigenvalue weighted by atomic mass is 9.80. The highest BCUT2D eigenvalue weighted by Gasteiger charge is 2.23. The van der Waals surface area contributed by atoms with Gasteiger partial charge in [0, 0.05) is 26.2 Å². The lowest BCUT2D eigenvalue weighted by molar-refractivity contribution is 0.0950. The third-order valence-electron chi connectivity index (χ3n) is 5.10. The van der Waals surface area contributed by atoms with Gasteiger partial charge in [0.15, 0.2) is 5.96 Å². The molecule has 1 fully saturated rings. The average molecular weight is 362 g/mol. The summed E-state index contributed by atoms with van der Waals surface area (Å²) >= 11 is 0. The molecule has 144 valence electrons. The van der Waals surface area contributed by atoms with Crippen LogP contribution in [0.3, 0.4) is 0 Å². The summed E-state index contributed by atoms with van der Waals surface area (Å²) in [4.78, 5) is 16.2. The molecule has 1 amide bonds. The number of amides is 1. The second kappa shape index (κ2) is 10.1. The molecule has 1 aliphatic carbocycles. The van der Waals surface area contributed by atoms with Crippen molar-refractivity contribution in [3.63, 3.8) is 0 Å². The van der Waals surface area contributed by atoms with Gasteiger partial charge >= 0.3 is 0 Å². The van der Waals surface area contributed by atoms with E-state index < -0.39 is 11.7 Å². The number of halogens is 1. The van der Waals surface area contributed by atoms with Crippen LogP contribution in [0.4, 0.5) is 4.39 Å². The number of rotatable bonds is 6. The van der Waals surface area contributed by atoms with E-state index in [0.29, 0.717) is 19.1 Å². The van der Waals surface area contributed by atoms with Crippen LogP contribution in [0.25, 0.3) is 0 Å². The van der Waals surface area contributed by atoms with Crippen LogP contribution in [0.15, 0.2) is 29.3 Å². The Labute approximate surface area is 155 Å². The first-order valence-electron chi connectivity index (χ1n) is 9.51. The summed E-state index contributed by atoms with van der Waals surface area (Å²) in [5.41, 5.74) is 0.0666. The molecule has 0 saturated heterocycles. The van der Waals surface area contributed by atoms with Crippen molar-refractivity contribution < 1.29 is 9.18 Å². The topological polar surface area (TPSA) is 65.5 Å². The zero-order valence-corrected chi connectivity index (χ0v) is 16.0. The van der Waals surface area contributed by atoms with Gasteiger partial charge in [-0.1, -0.05) is 26.0 Å². The van der Waals surface area contributed by atoms with Gasteiger partial charge in [-0.25, -0.2) is 4.39 Å². The maximum absolute atomic E-state index is 13.6. The van der Waals surface area contributed by atoms with Crippen molar-refractivity contribution in [2.75, 3.05) is 20.1 Å². The first-order chi connectivity index (χ1) is 12.5. The van der Waals surface area contributed by atoms with E-state index in [1.807, 2.05) is 0 Å². The molecular formula is C20H31FN4O. The number of carbonyl (C=O) groups excluding carboxylic acids is 1. The highest BCUT2D eigenvalue weighted by atomic mass is 19.1. The van der Waals surface area contributed by atoms with Crippen molar-refractivity contribution in [1.82, 2.24) is 16.0 Å². The Kier molecular flexibility index (Phi) is 7.88. The largest absolute Gasteiger partial charge is 0.355 e. The van der Waals surface area contributed by atoms with Gasteiger partial charge in [0.1, 0.15) is 5.82 Å². The van der Waals surface area contributed by atoms with Crippen LogP contribution in [0.2, 0.25) is 0 Å². The van der Waals surface area contributed by atoms with Crippen LogP contribution >= 0.6 is 0 Å². The van der Waals surface area contributed by atoms with Crippen molar-refractivity contribution in [1.29, 1.82) is 0 Å². The summed E-state index contributed by atoms with van der Waals surface area (Å²) in [6.45, 7) is 5.53. The van der Waals surface area contributed by atoms with Gasteiger partial charge in [-0.3, -0.25) is 9.79 Å². The molecule has 1 aromatic rings. The molecule has 26 heavy (non-hydrogen) atoms. The highest BCUT2D eigenvalue weighted by molar-refractivity contribution is 5.94. The number of guanidine groups is 1. The molecule has 0 heterocycles. The summed E-state index contributed by atoms with van der Waals surface area (Å²) < 4.78 is 13.6.